The normalized spacial score (nSPS) is 34.2. The van der Waals surface area contributed by atoms with Gasteiger partial charge in [-0.15, -0.1) is 0 Å². The Kier molecular flexibility index (Phi) is 5.38. The molecule has 15 heteroatoms. The molecule has 28 heavy (non-hydrogen) atoms. The quantitative estimate of drug-likeness (QED) is 0.122. The molecule has 3 unspecified atom stereocenters. The number of nitrogens with zero attached hydrogens (tertiary/aromatic N) is 3. The first-order valence-corrected chi connectivity index (χ1v) is 11.6. The number of ether oxygens (including phenoxy) is 2. The van der Waals surface area contributed by atoms with E-state index in [4.69, 9.17) is 28.8 Å². The zero-order chi connectivity index (χ0) is 20.1. The van der Waals surface area contributed by atoms with E-state index in [0.717, 1.165) is 0 Å². The van der Waals surface area contributed by atoms with E-state index in [2.05, 4.69) is 31.2 Å². The van der Waals surface area contributed by atoms with Crippen LogP contribution in [0.4, 0.5) is 17.3 Å². The summed E-state index contributed by atoms with van der Waals surface area (Å²) < 4.78 is 27.9. The standard InChI is InChI=1S/C13H20BBrN5O7P/c1-5(21)23-4-25-28(14)24-2-6-9(27-28)8(22)12(26-6)20-11-7(19-13(20)15)10(16)17-3-18-11/h3,6,8-9,12-13,19,22,28H,2,4,14H2,1H3,(H2,16,17,18)/t6?,8-,9?,12+,13?/m0/s1. The molecule has 0 spiro atoms. The molecule has 1 aromatic rings. The number of aliphatic hydroxyl groups excluding tert-OH is 1. The predicted octanol–water partition coefficient (Wildman–Crippen LogP) is -0.949. The van der Waals surface area contributed by atoms with Crippen molar-refractivity contribution in [2.75, 3.05) is 29.4 Å². The van der Waals surface area contributed by atoms with Gasteiger partial charge >= 0.3 is 170 Å². The van der Waals surface area contributed by atoms with Crippen LogP contribution in [-0.2, 0) is 27.8 Å². The van der Waals surface area contributed by atoms with Crippen molar-refractivity contribution in [1.29, 1.82) is 0 Å². The number of halogens is 1. The van der Waals surface area contributed by atoms with Crippen molar-refractivity contribution in [2.45, 2.75) is 36.5 Å². The molecule has 0 amide bonds. The van der Waals surface area contributed by atoms with E-state index in [1.54, 1.807) is 12.5 Å². The molecular formula is C13H20BBrN5O7P. The van der Waals surface area contributed by atoms with Crippen molar-refractivity contribution < 1.29 is 32.9 Å². The molecule has 12 nitrogen and oxygen atoms in total. The second kappa shape index (κ2) is 7.52. The minimum absolute atomic E-state index is 0.175. The van der Waals surface area contributed by atoms with Crippen LogP contribution < -0.4 is 16.0 Å². The zero-order valence-electron chi connectivity index (χ0n) is 15.1. The van der Waals surface area contributed by atoms with Gasteiger partial charge in [-0.2, -0.15) is 0 Å². The average molecular weight is 480 g/mol. The summed E-state index contributed by atoms with van der Waals surface area (Å²) in [5.74, 6) is 0.324. The fourth-order valence-electron chi connectivity index (χ4n) is 3.31. The van der Waals surface area contributed by atoms with Crippen LogP contribution in [0.5, 0.6) is 0 Å². The molecule has 4 rings (SSSR count). The third-order valence-electron chi connectivity index (χ3n) is 4.64. The summed E-state index contributed by atoms with van der Waals surface area (Å²) in [5, 5.41) is 13.6. The summed E-state index contributed by atoms with van der Waals surface area (Å²) in [6.45, 7) is 1.17. The fourth-order valence-corrected chi connectivity index (χ4v) is 5.71. The SMILES string of the molecule is B[PH]1(OCOC(C)=O)OCC2O[C@@H](N3c4ncnc(N)c4NC3Br)[C@@H](O)C2O1. The third kappa shape index (κ3) is 3.54. The molecule has 4 N–H and O–H groups in total. The van der Waals surface area contributed by atoms with Gasteiger partial charge < -0.3 is 0 Å². The van der Waals surface area contributed by atoms with Gasteiger partial charge in [-0.25, -0.2) is 0 Å². The van der Waals surface area contributed by atoms with Crippen molar-refractivity contribution >= 4 is 54.6 Å². The first-order chi connectivity index (χ1) is 13.3. The van der Waals surface area contributed by atoms with Gasteiger partial charge in [0.25, 0.3) is 0 Å². The molecule has 2 fully saturated rings. The maximum atomic E-state index is 10.9. The van der Waals surface area contributed by atoms with E-state index in [9.17, 15) is 9.90 Å². The van der Waals surface area contributed by atoms with E-state index in [-0.39, 0.29) is 13.4 Å². The summed E-state index contributed by atoms with van der Waals surface area (Å²) in [6, 6.07) is 0. The van der Waals surface area contributed by atoms with Crippen LogP contribution >= 0.6 is 23.8 Å². The van der Waals surface area contributed by atoms with Gasteiger partial charge in [0.2, 0.25) is 0 Å². The summed E-state index contributed by atoms with van der Waals surface area (Å²) in [5.41, 5.74) is 6.45. The van der Waals surface area contributed by atoms with Crippen LogP contribution in [0.25, 0.3) is 0 Å². The van der Waals surface area contributed by atoms with Gasteiger partial charge in [-0.1, -0.05) is 0 Å². The van der Waals surface area contributed by atoms with E-state index in [1.807, 2.05) is 0 Å². The molecule has 0 aliphatic carbocycles. The van der Waals surface area contributed by atoms with Crippen molar-refractivity contribution in [3.05, 3.63) is 6.33 Å². The van der Waals surface area contributed by atoms with Crippen LogP contribution in [0.1, 0.15) is 6.92 Å². The summed E-state index contributed by atoms with van der Waals surface area (Å²) in [4.78, 5) is 20.8. The van der Waals surface area contributed by atoms with Gasteiger partial charge in [0.1, 0.15) is 0 Å². The number of anilines is 3. The van der Waals surface area contributed by atoms with E-state index in [1.165, 1.54) is 13.3 Å². The number of rotatable bonds is 4. The second-order valence-electron chi connectivity index (χ2n) is 6.55. The van der Waals surface area contributed by atoms with Crippen molar-refractivity contribution in [2.24, 2.45) is 0 Å². The number of alkyl halides is 1. The molecular weight excluding hydrogens is 460 g/mol. The minimum atomic E-state index is -3.11. The second-order valence-corrected chi connectivity index (χ2v) is 9.96. The first kappa shape index (κ1) is 20.0. The number of aromatic nitrogens is 2. The van der Waals surface area contributed by atoms with Gasteiger partial charge in [0.15, 0.2) is 0 Å². The third-order valence-corrected chi connectivity index (χ3v) is 7.34. The predicted molar refractivity (Wildman–Crippen MR) is 105 cm³/mol. The monoisotopic (exact) mass is 479 g/mol. The maximum absolute atomic E-state index is 10.9. The van der Waals surface area contributed by atoms with Crippen LogP contribution in [0.15, 0.2) is 6.33 Å². The molecule has 0 saturated carbocycles. The number of hydrogen-bond acceptors (Lipinski definition) is 12. The number of esters is 1. The zero-order valence-corrected chi connectivity index (χ0v) is 17.7. The van der Waals surface area contributed by atoms with Crippen LogP contribution in [0.2, 0.25) is 0 Å². The summed E-state index contributed by atoms with van der Waals surface area (Å²) >= 11 is 3.49. The molecule has 0 aromatic carbocycles. The average Bonchev–Trinajstić information content (AvgIpc) is 3.12. The number of nitrogens with one attached hydrogen (secondary N) is 1. The molecule has 1 aromatic heterocycles. The van der Waals surface area contributed by atoms with E-state index >= 15 is 0 Å². The Balaban J connectivity index is 1.49. The Labute approximate surface area is 170 Å². The molecule has 0 radical (unpaired) electrons. The Morgan fingerprint density at radius 2 is 2.39 bits per heavy atom. The first-order valence-electron chi connectivity index (χ1n) is 8.51. The Bertz CT molecular complexity index is 783. The molecule has 2 saturated heterocycles. The number of nitrogen functional groups attached to an aromatic ring is 1. The number of fused-ring (bicyclic) bond motifs is 2. The topological polar surface area (TPSA) is 151 Å². The van der Waals surface area contributed by atoms with E-state index < -0.39 is 43.4 Å². The van der Waals surface area contributed by atoms with Crippen LogP contribution in [0.3, 0.4) is 0 Å². The van der Waals surface area contributed by atoms with Crippen LogP contribution in [0, 0.1) is 0 Å². The van der Waals surface area contributed by atoms with Gasteiger partial charge in [-0.05, 0) is 0 Å². The number of hydrogen-bond donors (Lipinski definition) is 3. The number of aliphatic hydroxyl groups is 1. The molecule has 5 atom stereocenters. The van der Waals surface area contributed by atoms with E-state index in [0.29, 0.717) is 17.3 Å². The fraction of sp³-hybridized carbons (Fsp3) is 0.615. The van der Waals surface area contributed by atoms with Gasteiger partial charge in [0.05, 0.1) is 0 Å². The van der Waals surface area contributed by atoms with Crippen LogP contribution in [-0.4, -0.2) is 71.6 Å². The van der Waals surface area contributed by atoms with Crippen molar-refractivity contribution in [3.8, 4) is 0 Å². The summed E-state index contributed by atoms with van der Waals surface area (Å²) in [7, 11) is -1.44. The Morgan fingerprint density at radius 3 is 3.14 bits per heavy atom. The molecule has 3 aliphatic rings. The molecule has 4 heterocycles. The Hall–Kier alpha value is -1.28. The van der Waals surface area contributed by atoms with Gasteiger partial charge in [-0.3, -0.25) is 0 Å². The number of nitrogens with two attached hydrogens (primary N) is 1. The Morgan fingerprint density at radius 1 is 1.61 bits per heavy atom. The summed E-state index contributed by atoms with van der Waals surface area (Å²) in [6.07, 6.45) is -1.61. The number of carbonyl (C=O) groups excluding carboxylic acids is 1. The molecule has 3 aliphatic heterocycles. The van der Waals surface area contributed by atoms with Crippen molar-refractivity contribution in [3.63, 3.8) is 0 Å². The number of carbonyl (C=O) groups is 1. The molecule has 154 valence electrons. The van der Waals surface area contributed by atoms with Crippen molar-refractivity contribution in [1.82, 2.24) is 9.97 Å². The van der Waals surface area contributed by atoms with Gasteiger partial charge in [0, 0.05) is 0 Å². The molecule has 0 bridgehead atoms.